The molecule has 0 bridgehead atoms. The average Bonchev–Trinajstić information content (AvgIpc) is 2.54. The molecule has 0 aliphatic carbocycles. The number of aliphatic carboxylic acids is 1. The number of ether oxygens (including phenoxy) is 1. The Kier molecular flexibility index (Phi) is 5.81. The lowest BCUT2D eigenvalue weighted by atomic mass is 10.1. The van der Waals surface area contributed by atoms with E-state index in [1.54, 1.807) is 38.1 Å². The number of carbonyl (C=O) groups is 1. The second-order valence-corrected chi connectivity index (χ2v) is 7.51. The van der Waals surface area contributed by atoms with Crippen molar-refractivity contribution in [2.24, 2.45) is 0 Å². The largest absolute Gasteiger partial charge is 0.496 e. The van der Waals surface area contributed by atoms with Gasteiger partial charge in [0.2, 0.25) is 10.0 Å². The third-order valence-electron chi connectivity index (χ3n) is 3.83. The number of aryl methyl sites for hydroxylation is 2. The summed E-state index contributed by atoms with van der Waals surface area (Å²) in [5.41, 5.74) is 2.07. The summed E-state index contributed by atoms with van der Waals surface area (Å²) >= 11 is 0. The number of carboxylic acids is 1. The Morgan fingerprint density at radius 2 is 1.72 bits per heavy atom. The summed E-state index contributed by atoms with van der Waals surface area (Å²) in [5, 5.41) is 9.39. The molecule has 6 nitrogen and oxygen atoms in total. The summed E-state index contributed by atoms with van der Waals surface area (Å²) in [6, 6.07) is 10.6. The van der Waals surface area contributed by atoms with Crippen molar-refractivity contribution >= 4 is 16.0 Å². The first-order valence-corrected chi connectivity index (χ1v) is 9.17. The van der Waals surface area contributed by atoms with Crippen molar-refractivity contribution in [1.29, 1.82) is 0 Å². The highest BCUT2D eigenvalue weighted by Crippen LogP contribution is 2.26. The molecule has 0 aliphatic rings. The molecular weight excluding hydrogens is 342 g/mol. The van der Waals surface area contributed by atoms with Gasteiger partial charge in [-0.1, -0.05) is 30.3 Å². The van der Waals surface area contributed by atoms with Crippen molar-refractivity contribution in [3.05, 3.63) is 59.2 Å². The molecule has 0 unspecified atom stereocenters. The van der Waals surface area contributed by atoms with Crippen LogP contribution in [0.3, 0.4) is 0 Å². The molecule has 25 heavy (non-hydrogen) atoms. The number of rotatable bonds is 7. The van der Waals surface area contributed by atoms with Crippen molar-refractivity contribution in [1.82, 2.24) is 4.72 Å². The predicted octanol–water partition coefficient (Wildman–Crippen LogP) is 2.29. The van der Waals surface area contributed by atoms with Crippen LogP contribution in [0.5, 0.6) is 5.75 Å². The van der Waals surface area contributed by atoms with Gasteiger partial charge in [-0.25, -0.2) is 8.42 Å². The van der Waals surface area contributed by atoms with E-state index in [1.807, 2.05) is 6.07 Å². The van der Waals surface area contributed by atoms with Crippen LogP contribution in [0.4, 0.5) is 0 Å². The second kappa shape index (κ2) is 7.67. The Morgan fingerprint density at radius 3 is 2.20 bits per heavy atom. The molecule has 0 spiro atoms. The van der Waals surface area contributed by atoms with Crippen LogP contribution in [0.25, 0.3) is 0 Å². The Hall–Kier alpha value is -2.38. The van der Waals surface area contributed by atoms with Gasteiger partial charge in [-0.05, 0) is 49.1 Å². The summed E-state index contributed by atoms with van der Waals surface area (Å²) in [5.74, 6) is -0.618. The summed E-state index contributed by atoms with van der Waals surface area (Å²) in [6.45, 7) is 3.48. The van der Waals surface area contributed by atoms with Crippen molar-refractivity contribution in [3.8, 4) is 5.75 Å². The van der Waals surface area contributed by atoms with E-state index in [2.05, 4.69) is 4.72 Å². The molecule has 0 saturated carbocycles. The van der Waals surface area contributed by atoms with Gasteiger partial charge in [0, 0.05) is 0 Å². The molecule has 0 aliphatic heterocycles. The van der Waals surface area contributed by atoms with Gasteiger partial charge in [-0.3, -0.25) is 4.79 Å². The van der Waals surface area contributed by atoms with Crippen LogP contribution in [-0.2, 0) is 21.2 Å². The molecule has 2 rings (SSSR count). The normalized spacial score (nSPS) is 12.6. The lowest BCUT2D eigenvalue weighted by Crippen LogP contribution is -2.42. The van der Waals surface area contributed by atoms with Crippen LogP contribution >= 0.6 is 0 Å². The average molecular weight is 363 g/mol. The van der Waals surface area contributed by atoms with E-state index < -0.39 is 22.0 Å². The zero-order valence-electron chi connectivity index (χ0n) is 14.3. The molecule has 134 valence electrons. The van der Waals surface area contributed by atoms with Gasteiger partial charge in [-0.2, -0.15) is 4.72 Å². The lowest BCUT2D eigenvalue weighted by molar-refractivity contribution is -0.138. The van der Waals surface area contributed by atoms with E-state index >= 15 is 0 Å². The molecule has 0 saturated heterocycles. The van der Waals surface area contributed by atoms with Gasteiger partial charge >= 0.3 is 5.97 Å². The number of hydrogen-bond donors (Lipinski definition) is 2. The molecule has 0 fully saturated rings. The Bertz CT molecular complexity index is 839. The van der Waals surface area contributed by atoms with Gasteiger partial charge in [0.25, 0.3) is 0 Å². The fourth-order valence-electron chi connectivity index (χ4n) is 2.67. The van der Waals surface area contributed by atoms with Gasteiger partial charge in [0.05, 0.1) is 12.0 Å². The Balaban J connectivity index is 2.30. The predicted molar refractivity (Wildman–Crippen MR) is 94.4 cm³/mol. The van der Waals surface area contributed by atoms with E-state index in [-0.39, 0.29) is 11.3 Å². The SMILES string of the molecule is COc1c(C)cc(S(=O)(=O)N[C@H](Cc2ccccc2)C(=O)O)cc1C. The summed E-state index contributed by atoms with van der Waals surface area (Å²) < 4.78 is 32.8. The zero-order chi connectivity index (χ0) is 18.6. The number of methoxy groups -OCH3 is 1. The maximum absolute atomic E-state index is 12.6. The number of carboxylic acid groups (broad SMARTS) is 1. The highest BCUT2D eigenvalue weighted by atomic mass is 32.2. The minimum absolute atomic E-state index is 0.0163. The fourth-order valence-corrected chi connectivity index (χ4v) is 4.03. The molecule has 2 N–H and O–H groups in total. The monoisotopic (exact) mass is 363 g/mol. The van der Waals surface area contributed by atoms with Crippen LogP contribution in [-0.4, -0.2) is 32.6 Å². The van der Waals surface area contributed by atoms with E-state index in [4.69, 9.17) is 4.74 Å². The van der Waals surface area contributed by atoms with E-state index in [9.17, 15) is 18.3 Å². The topological polar surface area (TPSA) is 92.7 Å². The standard InChI is InChI=1S/C18H21NO5S/c1-12-9-15(10-13(2)17(12)24-3)25(22,23)19-16(18(20)21)11-14-7-5-4-6-8-14/h4-10,16,19H,11H2,1-3H3,(H,20,21)/t16-/m1/s1. The summed E-state index contributed by atoms with van der Waals surface area (Å²) in [6.07, 6.45) is 0.0590. The van der Waals surface area contributed by atoms with Crippen LogP contribution in [0.2, 0.25) is 0 Å². The molecular formula is C18H21NO5S. The third-order valence-corrected chi connectivity index (χ3v) is 5.28. The molecule has 1 atom stereocenters. The zero-order valence-corrected chi connectivity index (χ0v) is 15.1. The van der Waals surface area contributed by atoms with Crippen molar-refractivity contribution in [3.63, 3.8) is 0 Å². The highest BCUT2D eigenvalue weighted by molar-refractivity contribution is 7.89. The van der Waals surface area contributed by atoms with Crippen LogP contribution < -0.4 is 9.46 Å². The number of benzene rings is 2. The molecule has 0 heterocycles. The first-order chi connectivity index (χ1) is 11.7. The number of hydrogen-bond acceptors (Lipinski definition) is 4. The molecule has 0 radical (unpaired) electrons. The van der Waals surface area contributed by atoms with E-state index in [0.717, 1.165) is 5.56 Å². The third kappa shape index (κ3) is 4.58. The first-order valence-electron chi connectivity index (χ1n) is 7.69. The van der Waals surface area contributed by atoms with Crippen molar-refractivity contribution < 1.29 is 23.1 Å². The quantitative estimate of drug-likeness (QED) is 0.787. The smallest absolute Gasteiger partial charge is 0.322 e. The Morgan fingerprint density at radius 1 is 1.16 bits per heavy atom. The van der Waals surface area contributed by atoms with Crippen molar-refractivity contribution in [2.75, 3.05) is 7.11 Å². The summed E-state index contributed by atoms with van der Waals surface area (Å²) in [7, 11) is -2.47. The molecule has 7 heteroatoms. The van der Waals surface area contributed by atoms with E-state index in [1.165, 1.54) is 19.2 Å². The first kappa shape index (κ1) is 19.0. The fraction of sp³-hybridized carbons (Fsp3) is 0.278. The minimum atomic E-state index is -3.98. The van der Waals surface area contributed by atoms with Crippen LogP contribution in [0.1, 0.15) is 16.7 Å². The van der Waals surface area contributed by atoms with Gasteiger partial charge in [0.1, 0.15) is 11.8 Å². The molecule has 0 amide bonds. The van der Waals surface area contributed by atoms with E-state index in [0.29, 0.717) is 16.9 Å². The maximum atomic E-state index is 12.6. The number of sulfonamides is 1. The maximum Gasteiger partial charge on any atom is 0.322 e. The molecule has 2 aromatic carbocycles. The lowest BCUT2D eigenvalue weighted by Gasteiger charge is -2.17. The number of nitrogens with one attached hydrogen (secondary N) is 1. The second-order valence-electron chi connectivity index (χ2n) is 5.79. The Labute approximate surface area is 147 Å². The molecule has 0 aromatic heterocycles. The van der Waals surface area contributed by atoms with Crippen molar-refractivity contribution in [2.45, 2.75) is 31.2 Å². The summed E-state index contributed by atoms with van der Waals surface area (Å²) in [4.78, 5) is 11.5. The van der Waals surface area contributed by atoms with Gasteiger partial charge in [0.15, 0.2) is 0 Å². The van der Waals surface area contributed by atoms with Crippen LogP contribution in [0.15, 0.2) is 47.4 Å². The molecule has 2 aromatic rings. The highest BCUT2D eigenvalue weighted by Gasteiger charge is 2.26. The van der Waals surface area contributed by atoms with Crippen LogP contribution in [0, 0.1) is 13.8 Å². The van der Waals surface area contributed by atoms with Gasteiger partial charge < -0.3 is 9.84 Å². The van der Waals surface area contributed by atoms with Gasteiger partial charge in [-0.15, -0.1) is 0 Å². The minimum Gasteiger partial charge on any atom is -0.496 e.